The maximum Gasteiger partial charge on any atom is 0.414 e. The second kappa shape index (κ2) is 19.1. The lowest BCUT2D eigenvalue weighted by Crippen LogP contribution is -2.66. The molecule has 0 saturated carbocycles. The van der Waals surface area contributed by atoms with Crippen LogP contribution >= 0.6 is 0 Å². The normalized spacial score (nSPS) is 15.3. The van der Waals surface area contributed by atoms with Crippen LogP contribution in [0.15, 0.2) is 76.9 Å². The lowest BCUT2D eigenvalue weighted by molar-refractivity contribution is -0.136. The number of benzene rings is 2. The molecule has 3 N–H and O–H groups in total. The molecular formula is C39H59N3O6Si. The maximum atomic E-state index is 12.8. The molecule has 1 atom stereocenters. The number of aliphatic imine (C=N–C) groups is 1. The molecule has 0 saturated heterocycles. The van der Waals surface area contributed by atoms with Crippen molar-refractivity contribution in [2.75, 3.05) is 20.3 Å². The van der Waals surface area contributed by atoms with E-state index in [1.807, 2.05) is 0 Å². The molecule has 2 aromatic carbocycles. The molecule has 1 amide bonds. The SMILES string of the molecule is COC(=O)C1=C(CCCO)NC(NC(=O)OC(C)(C)C)=N[C@@H]1CCCCCCCCCO[Si](c1ccccc1)(c1ccccc1)C(C)(C)C. The van der Waals surface area contributed by atoms with Crippen LogP contribution in [0, 0.1) is 0 Å². The van der Waals surface area contributed by atoms with Crippen molar-refractivity contribution < 1.29 is 28.6 Å². The number of guanidine groups is 1. The first-order valence-corrected chi connectivity index (χ1v) is 19.7. The Hall–Kier alpha value is -3.47. The molecule has 49 heavy (non-hydrogen) atoms. The number of aliphatic hydroxyl groups excluding tert-OH is 1. The minimum absolute atomic E-state index is 0.0246. The van der Waals surface area contributed by atoms with Gasteiger partial charge in [0, 0.05) is 18.9 Å². The largest absolute Gasteiger partial charge is 0.466 e. The maximum absolute atomic E-state index is 12.8. The van der Waals surface area contributed by atoms with Crippen molar-refractivity contribution in [2.45, 2.75) is 122 Å². The molecule has 1 aliphatic rings. The van der Waals surface area contributed by atoms with Crippen LogP contribution in [0.3, 0.4) is 0 Å². The Balaban J connectivity index is 1.53. The molecule has 0 aliphatic carbocycles. The Labute approximate surface area is 295 Å². The Bertz CT molecular complexity index is 1340. The number of rotatable bonds is 17. The summed E-state index contributed by atoms with van der Waals surface area (Å²) < 4.78 is 17.5. The van der Waals surface area contributed by atoms with Crippen LogP contribution in [0.1, 0.15) is 106 Å². The number of carbonyl (C=O) groups excluding carboxylic acids is 2. The number of alkyl carbamates (subject to hydrolysis) is 1. The van der Waals surface area contributed by atoms with Gasteiger partial charge in [0.2, 0.25) is 5.96 Å². The molecule has 0 spiro atoms. The van der Waals surface area contributed by atoms with Gasteiger partial charge in [0.05, 0.1) is 18.7 Å². The standard InChI is InChI=1S/C39H59N3O6Si/c1-38(2,3)48-37(45)42-36-40-32(34(35(44)46-7)33(41-36)27-21-28-43)26-19-11-9-8-10-12-20-29-47-49(39(4,5)6,30-22-15-13-16-23-30)31-24-17-14-18-25-31/h13-18,22-25,32,43H,8-12,19-21,26-29H2,1-7H3,(H2,40,41,42,45)/t32-/m1/s1. The molecule has 270 valence electrons. The van der Waals surface area contributed by atoms with Crippen molar-refractivity contribution >= 4 is 36.7 Å². The summed E-state index contributed by atoms with van der Waals surface area (Å²) >= 11 is 0. The van der Waals surface area contributed by atoms with E-state index < -0.39 is 32.0 Å². The highest BCUT2D eigenvalue weighted by atomic mass is 28.4. The van der Waals surface area contributed by atoms with E-state index in [-0.39, 0.29) is 17.6 Å². The smallest absolute Gasteiger partial charge is 0.414 e. The number of carbonyl (C=O) groups is 2. The molecule has 0 radical (unpaired) electrons. The summed E-state index contributed by atoms with van der Waals surface area (Å²) in [6.07, 6.45) is 8.25. The molecule has 2 aromatic rings. The van der Waals surface area contributed by atoms with E-state index in [9.17, 15) is 14.7 Å². The van der Waals surface area contributed by atoms with Gasteiger partial charge in [-0.1, -0.05) is 120 Å². The number of ether oxygens (including phenoxy) is 2. The summed E-state index contributed by atoms with van der Waals surface area (Å²) in [5.41, 5.74) is 0.389. The van der Waals surface area contributed by atoms with E-state index in [1.54, 1.807) is 20.8 Å². The van der Waals surface area contributed by atoms with E-state index in [0.717, 1.165) is 51.6 Å². The van der Waals surface area contributed by atoms with Crippen LogP contribution in [0.5, 0.6) is 0 Å². The van der Waals surface area contributed by atoms with Gasteiger partial charge in [-0.25, -0.2) is 14.6 Å². The lowest BCUT2D eigenvalue weighted by atomic mass is 9.95. The zero-order valence-electron chi connectivity index (χ0n) is 30.8. The number of allylic oxidation sites excluding steroid dienone is 1. The molecule has 10 heteroatoms. The molecule has 0 bridgehead atoms. The van der Waals surface area contributed by atoms with Crippen molar-refractivity contribution in [1.82, 2.24) is 10.6 Å². The van der Waals surface area contributed by atoms with Crippen LogP contribution in [0.25, 0.3) is 0 Å². The van der Waals surface area contributed by atoms with Gasteiger partial charge >= 0.3 is 12.1 Å². The number of esters is 1. The predicted octanol–water partition coefficient (Wildman–Crippen LogP) is 6.74. The minimum Gasteiger partial charge on any atom is -0.466 e. The number of unbranched alkanes of at least 4 members (excludes halogenated alkanes) is 6. The zero-order chi connectivity index (χ0) is 35.9. The Morgan fingerprint density at radius 1 is 0.837 bits per heavy atom. The summed E-state index contributed by atoms with van der Waals surface area (Å²) in [5, 5.41) is 17.8. The number of amides is 1. The molecule has 0 unspecified atom stereocenters. The number of hydrogen-bond acceptors (Lipinski definition) is 8. The predicted molar refractivity (Wildman–Crippen MR) is 200 cm³/mol. The van der Waals surface area contributed by atoms with Crippen LogP contribution in [0.4, 0.5) is 4.79 Å². The van der Waals surface area contributed by atoms with E-state index >= 15 is 0 Å². The zero-order valence-corrected chi connectivity index (χ0v) is 31.8. The first-order chi connectivity index (χ1) is 23.3. The highest BCUT2D eigenvalue weighted by molar-refractivity contribution is 6.99. The summed E-state index contributed by atoms with van der Waals surface area (Å²) in [4.78, 5) is 30.0. The molecule has 1 aliphatic heterocycles. The van der Waals surface area contributed by atoms with E-state index in [0.29, 0.717) is 30.5 Å². The first kappa shape index (κ1) is 40.0. The topological polar surface area (TPSA) is 118 Å². The quantitative estimate of drug-likeness (QED) is 0.0955. The lowest BCUT2D eigenvalue weighted by Gasteiger charge is -2.43. The van der Waals surface area contributed by atoms with Gasteiger partial charge in [0.1, 0.15) is 5.60 Å². The summed E-state index contributed by atoms with van der Waals surface area (Å²) in [5.74, 6) is -0.217. The van der Waals surface area contributed by atoms with Crippen LogP contribution in [-0.4, -0.2) is 63.4 Å². The van der Waals surface area contributed by atoms with Crippen molar-refractivity contribution in [2.24, 2.45) is 4.99 Å². The van der Waals surface area contributed by atoms with Gasteiger partial charge in [-0.15, -0.1) is 0 Å². The van der Waals surface area contributed by atoms with Crippen LogP contribution in [-0.2, 0) is 18.7 Å². The van der Waals surface area contributed by atoms with Crippen molar-refractivity contribution in [3.8, 4) is 0 Å². The summed E-state index contributed by atoms with van der Waals surface area (Å²) in [7, 11) is -1.15. The van der Waals surface area contributed by atoms with Crippen LogP contribution in [0.2, 0.25) is 5.04 Å². The van der Waals surface area contributed by atoms with Gasteiger partial charge in [-0.3, -0.25) is 5.32 Å². The number of methoxy groups -OCH3 is 1. The Morgan fingerprint density at radius 3 is 1.90 bits per heavy atom. The van der Waals surface area contributed by atoms with Gasteiger partial charge in [0.15, 0.2) is 0 Å². The van der Waals surface area contributed by atoms with Gasteiger partial charge in [0.25, 0.3) is 8.32 Å². The Kier molecular flexibility index (Phi) is 15.5. The second-order valence-electron chi connectivity index (χ2n) is 14.7. The monoisotopic (exact) mass is 693 g/mol. The number of hydrogen-bond donors (Lipinski definition) is 3. The summed E-state index contributed by atoms with van der Waals surface area (Å²) in [6.45, 7) is 13.0. The third-order valence-electron chi connectivity index (χ3n) is 8.68. The molecule has 1 heterocycles. The molecular weight excluding hydrogens is 635 g/mol. The Morgan fingerprint density at radius 2 is 1.39 bits per heavy atom. The van der Waals surface area contributed by atoms with Crippen molar-refractivity contribution in [3.63, 3.8) is 0 Å². The minimum atomic E-state index is -2.50. The van der Waals surface area contributed by atoms with Gasteiger partial charge in [-0.05, 0) is 61.9 Å². The molecule has 3 rings (SSSR count). The van der Waals surface area contributed by atoms with Crippen molar-refractivity contribution in [3.05, 3.63) is 71.9 Å². The second-order valence-corrected chi connectivity index (χ2v) is 19.0. The van der Waals surface area contributed by atoms with Crippen molar-refractivity contribution in [1.29, 1.82) is 0 Å². The number of nitrogens with zero attached hydrogens (tertiary/aromatic N) is 1. The van der Waals surface area contributed by atoms with E-state index in [1.165, 1.54) is 17.5 Å². The number of nitrogens with one attached hydrogen (secondary N) is 2. The van der Waals surface area contributed by atoms with E-state index in [4.69, 9.17) is 13.9 Å². The molecule has 0 fully saturated rings. The highest BCUT2D eigenvalue weighted by Gasteiger charge is 2.49. The van der Waals surface area contributed by atoms with Crippen LogP contribution < -0.4 is 21.0 Å². The fourth-order valence-corrected chi connectivity index (χ4v) is 11.1. The van der Waals surface area contributed by atoms with E-state index in [2.05, 4.69) is 97.1 Å². The number of aliphatic hydroxyl groups is 1. The third-order valence-corrected chi connectivity index (χ3v) is 13.7. The fourth-order valence-electron chi connectivity index (χ4n) is 6.47. The fraction of sp³-hybridized carbons (Fsp3) is 0.564. The molecule has 9 nitrogen and oxygen atoms in total. The molecule has 0 aromatic heterocycles. The summed E-state index contributed by atoms with van der Waals surface area (Å²) in [6, 6.07) is 21.1. The first-order valence-electron chi connectivity index (χ1n) is 17.8. The third kappa shape index (κ3) is 11.8. The van der Waals surface area contributed by atoms with Gasteiger partial charge in [-0.2, -0.15) is 0 Å². The average molecular weight is 694 g/mol. The van der Waals surface area contributed by atoms with Gasteiger partial charge < -0.3 is 24.3 Å². The average Bonchev–Trinajstić information content (AvgIpc) is 3.05. The highest BCUT2D eigenvalue weighted by Crippen LogP contribution is 2.37.